The first-order valence-corrected chi connectivity index (χ1v) is 9.64. The number of benzene rings is 1. The van der Waals surface area contributed by atoms with Gasteiger partial charge < -0.3 is 0 Å². The van der Waals surface area contributed by atoms with Gasteiger partial charge in [0.05, 0.1) is 17.4 Å². The maximum atomic E-state index is 14.2. The van der Waals surface area contributed by atoms with Crippen LogP contribution < -0.4 is 0 Å². The first-order valence-electron chi connectivity index (χ1n) is 6.29. The Bertz CT molecular complexity index is 792. The van der Waals surface area contributed by atoms with E-state index < -0.39 is 37.3 Å². The van der Waals surface area contributed by atoms with Crippen molar-refractivity contribution in [3.8, 4) is 0 Å². The topological polar surface area (TPSA) is 109 Å². The van der Waals surface area contributed by atoms with Gasteiger partial charge in [-0.05, 0) is 12.5 Å². The molecule has 0 bridgehead atoms. The molecule has 2 atom stereocenters. The van der Waals surface area contributed by atoms with E-state index in [1.807, 2.05) is 0 Å². The fraction of sp³-hybridized carbons (Fsp3) is 0.385. The second-order valence-electron chi connectivity index (χ2n) is 5.05. The summed E-state index contributed by atoms with van der Waals surface area (Å²) in [4.78, 5) is 0. The fourth-order valence-electron chi connectivity index (χ4n) is 2.09. The van der Waals surface area contributed by atoms with Crippen molar-refractivity contribution in [1.29, 1.82) is 0 Å². The molecule has 0 radical (unpaired) electrons. The molecule has 1 aliphatic carbocycles. The van der Waals surface area contributed by atoms with Gasteiger partial charge in [-0.1, -0.05) is 36.4 Å². The molecule has 0 amide bonds. The number of hydrogen-bond acceptors (Lipinski definition) is 4. The summed E-state index contributed by atoms with van der Waals surface area (Å²) in [6.07, 6.45) is 3.31. The van der Waals surface area contributed by atoms with Gasteiger partial charge in [0.1, 0.15) is 0 Å². The third kappa shape index (κ3) is 5.34. The van der Waals surface area contributed by atoms with Crippen LogP contribution in [0.25, 0.3) is 6.08 Å². The van der Waals surface area contributed by atoms with Gasteiger partial charge in [0.15, 0.2) is 0 Å². The van der Waals surface area contributed by atoms with Crippen LogP contribution in [0.2, 0.25) is 0 Å². The molecule has 1 aliphatic rings. The van der Waals surface area contributed by atoms with Crippen LogP contribution in [0.1, 0.15) is 18.1 Å². The highest BCUT2D eigenvalue weighted by Crippen LogP contribution is 2.45. The molecule has 0 aromatic heterocycles. The summed E-state index contributed by atoms with van der Waals surface area (Å²) in [6, 6.07) is 5.91. The molecular weight excluding hydrogens is 354 g/mol. The molecule has 0 fully saturated rings. The zero-order valence-electron chi connectivity index (χ0n) is 12.2. The van der Waals surface area contributed by atoms with Crippen LogP contribution in [0.5, 0.6) is 0 Å². The highest BCUT2D eigenvalue weighted by molar-refractivity contribution is 7.86. The minimum atomic E-state index is -4.51. The lowest BCUT2D eigenvalue weighted by Gasteiger charge is -2.32. The average Bonchev–Trinajstić information content (AvgIpc) is 2.35. The maximum absolute atomic E-state index is 14.2. The molecular formula is C13H16F2O6S2. The molecule has 130 valence electrons. The monoisotopic (exact) mass is 370 g/mol. The Morgan fingerprint density at radius 1 is 1.13 bits per heavy atom. The van der Waals surface area contributed by atoms with Crippen molar-refractivity contribution in [2.24, 2.45) is 5.92 Å². The number of allylic oxidation sites excluding steroid dienone is 1. The molecule has 23 heavy (non-hydrogen) atoms. The molecule has 0 spiro atoms. The second-order valence-corrected chi connectivity index (χ2v) is 8.29. The van der Waals surface area contributed by atoms with E-state index in [1.165, 1.54) is 24.3 Å². The van der Waals surface area contributed by atoms with E-state index in [4.69, 9.17) is 9.11 Å². The summed E-state index contributed by atoms with van der Waals surface area (Å²) in [6.45, 7) is 1.08. The lowest BCUT2D eigenvalue weighted by atomic mass is 9.84. The minimum absolute atomic E-state index is 0.215. The lowest BCUT2D eigenvalue weighted by Crippen LogP contribution is -2.38. The minimum Gasteiger partial charge on any atom is -0.286 e. The van der Waals surface area contributed by atoms with E-state index in [0.29, 0.717) is 11.8 Å². The SMILES string of the molecule is CC(C1C=Cc2ccccc2C1(F)F)S(=O)(=O)O.CS(=O)(=O)O. The normalized spacial score (nSPS) is 20.9. The van der Waals surface area contributed by atoms with Crippen molar-refractivity contribution in [2.45, 2.75) is 18.1 Å². The highest BCUT2D eigenvalue weighted by atomic mass is 32.2. The lowest BCUT2D eigenvalue weighted by molar-refractivity contribution is -0.0489. The van der Waals surface area contributed by atoms with E-state index in [1.54, 1.807) is 6.07 Å². The molecule has 6 nitrogen and oxygen atoms in total. The Morgan fingerprint density at radius 2 is 1.61 bits per heavy atom. The Morgan fingerprint density at radius 3 is 2.09 bits per heavy atom. The van der Waals surface area contributed by atoms with Gasteiger partial charge in [0.2, 0.25) is 0 Å². The maximum Gasteiger partial charge on any atom is 0.281 e. The molecule has 0 saturated heterocycles. The third-order valence-electron chi connectivity index (χ3n) is 3.20. The number of rotatable bonds is 2. The molecule has 1 aromatic carbocycles. The van der Waals surface area contributed by atoms with Crippen molar-refractivity contribution >= 4 is 26.3 Å². The molecule has 2 rings (SSSR count). The first kappa shape index (κ1) is 19.7. The van der Waals surface area contributed by atoms with Gasteiger partial charge in [-0.2, -0.15) is 16.8 Å². The zero-order chi connectivity index (χ0) is 18.1. The van der Waals surface area contributed by atoms with Crippen LogP contribution in [-0.2, 0) is 26.2 Å². The second kappa shape index (κ2) is 6.63. The van der Waals surface area contributed by atoms with Gasteiger partial charge in [-0.25, -0.2) is 8.78 Å². The van der Waals surface area contributed by atoms with Gasteiger partial charge in [-0.3, -0.25) is 9.11 Å². The van der Waals surface area contributed by atoms with Crippen LogP contribution in [-0.4, -0.2) is 37.4 Å². The summed E-state index contributed by atoms with van der Waals surface area (Å²) in [7, 11) is -8.17. The van der Waals surface area contributed by atoms with Crippen molar-refractivity contribution in [3.63, 3.8) is 0 Å². The largest absolute Gasteiger partial charge is 0.286 e. The number of fused-ring (bicyclic) bond motifs is 1. The van der Waals surface area contributed by atoms with Gasteiger partial charge >= 0.3 is 0 Å². The quantitative estimate of drug-likeness (QED) is 0.773. The fourth-order valence-corrected chi connectivity index (χ4v) is 2.72. The number of halogens is 2. The van der Waals surface area contributed by atoms with Crippen molar-refractivity contribution < 1.29 is 34.7 Å². The summed E-state index contributed by atoms with van der Waals surface area (Å²) >= 11 is 0. The Balaban J connectivity index is 0.000000463. The standard InChI is InChI=1S/C12H12F2O3S.CH4O3S/c1-8(18(15,16)17)10-7-6-9-4-2-3-5-11(9)12(10,13)14;1-5(2,3)4/h2-8,10H,1H3,(H,15,16,17);1H3,(H,2,3,4). The first-order chi connectivity index (χ1) is 10.2. The predicted molar refractivity (Wildman–Crippen MR) is 81.3 cm³/mol. The van der Waals surface area contributed by atoms with E-state index in [-0.39, 0.29) is 5.56 Å². The summed E-state index contributed by atoms with van der Waals surface area (Å²) in [5.41, 5.74) is 0.147. The molecule has 0 aliphatic heterocycles. The summed E-state index contributed by atoms with van der Waals surface area (Å²) in [5.74, 6) is -4.89. The third-order valence-corrected chi connectivity index (χ3v) is 4.43. The zero-order valence-corrected chi connectivity index (χ0v) is 13.9. The van der Waals surface area contributed by atoms with Gasteiger partial charge in [0.25, 0.3) is 26.2 Å². The number of alkyl halides is 2. The Labute approximate surface area is 133 Å². The van der Waals surface area contributed by atoms with E-state index in [9.17, 15) is 25.6 Å². The highest BCUT2D eigenvalue weighted by Gasteiger charge is 2.48. The average molecular weight is 370 g/mol. The van der Waals surface area contributed by atoms with Crippen molar-refractivity contribution in [3.05, 3.63) is 41.5 Å². The molecule has 10 heteroatoms. The molecule has 0 saturated carbocycles. The molecule has 0 heterocycles. The Hall–Kier alpha value is -1.36. The van der Waals surface area contributed by atoms with Crippen molar-refractivity contribution in [2.75, 3.05) is 6.26 Å². The van der Waals surface area contributed by atoms with E-state index >= 15 is 0 Å². The molecule has 1 aromatic rings. The van der Waals surface area contributed by atoms with Crippen LogP contribution in [0.3, 0.4) is 0 Å². The predicted octanol–water partition coefficient (Wildman–Crippen LogP) is 2.20. The summed E-state index contributed by atoms with van der Waals surface area (Å²) in [5, 5.41) is -1.56. The van der Waals surface area contributed by atoms with Crippen LogP contribution in [0, 0.1) is 5.92 Å². The molecule has 2 unspecified atom stereocenters. The van der Waals surface area contributed by atoms with Crippen LogP contribution in [0.15, 0.2) is 30.3 Å². The van der Waals surface area contributed by atoms with Crippen LogP contribution in [0.4, 0.5) is 8.78 Å². The van der Waals surface area contributed by atoms with E-state index in [2.05, 4.69) is 0 Å². The van der Waals surface area contributed by atoms with Crippen LogP contribution >= 0.6 is 0 Å². The van der Waals surface area contributed by atoms with Gasteiger partial charge in [0, 0.05) is 5.56 Å². The molecule has 2 N–H and O–H groups in total. The summed E-state index contributed by atoms with van der Waals surface area (Å²) < 4.78 is 85.3. The van der Waals surface area contributed by atoms with Crippen molar-refractivity contribution in [1.82, 2.24) is 0 Å². The van der Waals surface area contributed by atoms with Gasteiger partial charge in [-0.15, -0.1) is 0 Å². The Kier molecular flexibility index (Phi) is 5.68. The number of hydrogen-bond donors (Lipinski definition) is 2. The van der Waals surface area contributed by atoms with E-state index in [0.717, 1.165) is 13.0 Å². The smallest absolute Gasteiger partial charge is 0.281 e.